The van der Waals surface area contributed by atoms with Gasteiger partial charge in [0.05, 0.1) is 19.4 Å². The van der Waals surface area contributed by atoms with E-state index in [4.69, 9.17) is 9.84 Å². The predicted octanol–water partition coefficient (Wildman–Crippen LogP) is 3.25. The zero-order valence-corrected chi connectivity index (χ0v) is 12.0. The molecule has 0 atom stereocenters. The molecule has 0 aliphatic heterocycles. The fourth-order valence-corrected chi connectivity index (χ4v) is 1.91. The quantitative estimate of drug-likeness (QED) is 0.808. The van der Waals surface area contributed by atoms with E-state index in [1.807, 2.05) is 0 Å². The van der Waals surface area contributed by atoms with Crippen molar-refractivity contribution in [1.29, 1.82) is 0 Å². The molecule has 0 spiro atoms. The number of ether oxygens (including phenoxy) is 1. The Morgan fingerprint density at radius 3 is 2.43 bits per heavy atom. The van der Waals surface area contributed by atoms with Gasteiger partial charge < -0.3 is 20.5 Å². The average Bonchev–Trinajstić information content (AvgIpc) is 2.45. The van der Waals surface area contributed by atoms with Crippen LogP contribution in [0.2, 0.25) is 0 Å². The second-order valence-corrected chi connectivity index (χ2v) is 4.53. The maximum atomic E-state index is 13.5. The number of methoxy groups -OCH3 is 1. The van der Waals surface area contributed by atoms with Crippen LogP contribution in [-0.2, 0) is 6.61 Å². The van der Waals surface area contributed by atoms with Crippen molar-refractivity contribution < 1.29 is 27.8 Å². The fraction of sp³-hybridized carbons (Fsp3) is 0.133. The lowest BCUT2D eigenvalue weighted by atomic mass is 10.1. The molecule has 8 heteroatoms. The lowest BCUT2D eigenvalue weighted by molar-refractivity contribution is 0.261. The van der Waals surface area contributed by atoms with Gasteiger partial charge in [0, 0.05) is 29.4 Å². The molecule has 2 amide bonds. The van der Waals surface area contributed by atoms with Crippen LogP contribution in [0.25, 0.3) is 0 Å². The fourth-order valence-electron chi connectivity index (χ4n) is 1.91. The van der Waals surface area contributed by atoms with Crippen LogP contribution in [-0.4, -0.2) is 18.2 Å². The van der Waals surface area contributed by atoms with E-state index in [9.17, 15) is 18.0 Å². The molecule has 0 saturated heterocycles. The Kier molecular flexibility index (Phi) is 5.07. The lowest BCUT2D eigenvalue weighted by Crippen LogP contribution is -2.21. The summed E-state index contributed by atoms with van der Waals surface area (Å²) in [6.07, 6.45) is 0. The summed E-state index contributed by atoms with van der Waals surface area (Å²) in [5.41, 5.74) is -0.411. The number of hydrogen-bond acceptors (Lipinski definition) is 3. The van der Waals surface area contributed by atoms with Crippen molar-refractivity contribution in [3.05, 3.63) is 53.3 Å². The highest BCUT2D eigenvalue weighted by molar-refractivity contribution is 6.00. The molecular formula is C15H13F3N2O3. The van der Waals surface area contributed by atoms with E-state index < -0.39 is 30.1 Å². The van der Waals surface area contributed by atoms with Crippen LogP contribution < -0.4 is 15.4 Å². The largest absolute Gasteiger partial charge is 0.497 e. The lowest BCUT2D eigenvalue weighted by Gasteiger charge is -2.12. The minimum Gasteiger partial charge on any atom is -0.497 e. The highest BCUT2D eigenvalue weighted by atomic mass is 19.1. The number of hydrogen-bond donors (Lipinski definition) is 3. The summed E-state index contributed by atoms with van der Waals surface area (Å²) in [5.74, 6) is -2.35. The summed E-state index contributed by atoms with van der Waals surface area (Å²) >= 11 is 0. The number of anilines is 2. The maximum absolute atomic E-state index is 13.5. The second kappa shape index (κ2) is 7.01. The van der Waals surface area contributed by atoms with Crippen LogP contribution in [0.3, 0.4) is 0 Å². The van der Waals surface area contributed by atoms with Crippen LogP contribution >= 0.6 is 0 Å². The molecule has 122 valence electrons. The number of rotatable bonds is 4. The van der Waals surface area contributed by atoms with Gasteiger partial charge in [-0.15, -0.1) is 0 Å². The molecule has 0 fully saturated rings. The summed E-state index contributed by atoms with van der Waals surface area (Å²) < 4.78 is 44.9. The van der Waals surface area contributed by atoms with Crippen LogP contribution in [0.1, 0.15) is 5.56 Å². The summed E-state index contributed by atoms with van der Waals surface area (Å²) in [4.78, 5) is 11.9. The molecule has 2 aromatic rings. The Morgan fingerprint density at radius 1 is 1.09 bits per heavy atom. The Hall–Kier alpha value is -2.74. The standard InChI is InChI=1S/C15H13F3N2O3/c1-23-11-3-8(16)2-10(6-11)19-15(22)20-14-5-9(17)4-13(18)12(14)7-21/h2-6,21H,7H2,1H3,(H2,19,20,22). The van der Waals surface area contributed by atoms with E-state index in [0.29, 0.717) is 6.07 Å². The van der Waals surface area contributed by atoms with E-state index in [-0.39, 0.29) is 22.7 Å². The Balaban J connectivity index is 2.19. The molecule has 2 aromatic carbocycles. The van der Waals surface area contributed by atoms with E-state index in [1.165, 1.54) is 13.2 Å². The van der Waals surface area contributed by atoms with Crippen LogP contribution in [0.15, 0.2) is 30.3 Å². The average molecular weight is 326 g/mol. The Morgan fingerprint density at radius 2 is 1.78 bits per heavy atom. The number of carbonyl (C=O) groups excluding carboxylic acids is 1. The number of urea groups is 1. The van der Waals surface area contributed by atoms with Gasteiger partial charge in [0.15, 0.2) is 0 Å². The first-order valence-corrected chi connectivity index (χ1v) is 6.44. The predicted molar refractivity (Wildman–Crippen MR) is 77.9 cm³/mol. The maximum Gasteiger partial charge on any atom is 0.323 e. The SMILES string of the molecule is COc1cc(F)cc(NC(=O)Nc2cc(F)cc(F)c2CO)c1. The number of carbonyl (C=O) groups is 1. The summed E-state index contributed by atoms with van der Waals surface area (Å²) in [6, 6.07) is 4.11. The summed E-state index contributed by atoms with van der Waals surface area (Å²) in [5, 5.41) is 13.6. The third kappa shape index (κ3) is 4.13. The van der Waals surface area contributed by atoms with Crippen LogP contribution in [0.4, 0.5) is 29.3 Å². The number of nitrogens with one attached hydrogen (secondary N) is 2. The first kappa shape index (κ1) is 16.6. The molecular weight excluding hydrogens is 313 g/mol. The molecule has 0 heterocycles. The van der Waals surface area contributed by atoms with E-state index in [1.54, 1.807) is 0 Å². The van der Waals surface area contributed by atoms with Crippen molar-refractivity contribution in [1.82, 2.24) is 0 Å². The molecule has 5 nitrogen and oxygen atoms in total. The van der Waals surface area contributed by atoms with Gasteiger partial charge in [-0.2, -0.15) is 0 Å². The van der Waals surface area contributed by atoms with Crippen LogP contribution in [0, 0.1) is 17.5 Å². The van der Waals surface area contributed by atoms with Gasteiger partial charge in [-0.1, -0.05) is 0 Å². The van der Waals surface area contributed by atoms with Crippen molar-refractivity contribution >= 4 is 17.4 Å². The third-order valence-corrected chi connectivity index (χ3v) is 2.93. The molecule has 0 aliphatic carbocycles. The van der Waals surface area contributed by atoms with Gasteiger partial charge in [-0.3, -0.25) is 0 Å². The molecule has 0 saturated carbocycles. The number of halogens is 3. The van der Waals surface area contributed by atoms with Crippen molar-refractivity contribution in [2.45, 2.75) is 6.61 Å². The molecule has 0 bridgehead atoms. The van der Waals surface area contributed by atoms with Crippen molar-refractivity contribution in [3.63, 3.8) is 0 Å². The number of aliphatic hydroxyl groups excluding tert-OH is 1. The summed E-state index contributed by atoms with van der Waals surface area (Å²) in [6.45, 7) is -0.727. The highest BCUT2D eigenvalue weighted by Crippen LogP contribution is 2.23. The molecule has 23 heavy (non-hydrogen) atoms. The van der Waals surface area contributed by atoms with Gasteiger partial charge in [0.25, 0.3) is 0 Å². The first-order valence-electron chi connectivity index (χ1n) is 6.44. The van der Waals surface area contributed by atoms with Gasteiger partial charge >= 0.3 is 6.03 Å². The first-order chi connectivity index (χ1) is 10.9. The molecule has 3 N–H and O–H groups in total. The highest BCUT2D eigenvalue weighted by Gasteiger charge is 2.13. The smallest absolute Gasteiger partial charge is 0.323 e. The van der Waals surface area contributed by atoms with Crippen molar-refractivity contribution in [2.75, 3.05) is 17.7 Å². The molecule has 0 aromatic heterocycles. The third-order valence-electron chi connectivity index (χ3n) is 2.93. The minimum atomic E-state index is -0.991. The van der Waals surface area contributed by atoms with E-state index in [0.717, 1.165) is 18.2 Å². The normalized spacial score (nSPS) is 10.3. The number of benzene rings is 2. The topological polar surface area (TPSA) is 70.6 Å². The number of amides is 2. The number of aliphatic hydroxyl groups is 1. The van der Waals surface area contributed by atoms with E-state index in [2.05, 4.69) is 10.6 Å². The summed E-state index contributed by atoms with van der Waals surface area (Å²) in [7, 11) is 1.33. The van der Waals surface area contributed by atoms with Gasteiger partial charge in [0.1, 0.15) is 23.2 Å². The molecule has 0 radical (unpaired) electrons. The van der Waals surface area contributed by atoms with Crippen molar-refractivity contribution in [3.8, 4) is 5.75 Å². The monoisotopic (exact) mass is 326 g/mol. The molecule has 2 rings (SSSR count). The van der Waals surface area contributed by atoms with Crippen LogP contribution in [0.5, 0.6) is 5.75 Å². The van der Waals surface area contributed by atoms with Gasteiger partial charge in [0.2, 0.25) is 0 Å². The van der Waals surface area contributed by atoms with Crippen molar-refractivity contribution in [2.24, 2.45) is 0 Å². The Labute approximate surface area is 129 Å². The Bertz CT molecular complexity index is 738. The minimum absolute atomic E-state index is 0.0850. The molecule has 0 unspecified atom stereocenters. The zero-order chi connectivity index (χ0) is 17.0. The van der Waals surface area contributed by atoms with Gasteiger partial charge in [-0.25, -0.2) is 18.0 Å². The van der Waals surface area contributed by atoms with Gasteiger partial charge in [-0.05, 0) is 12.1 Å². The molecule has 0 aliphatic rings. The zero-order valence-electron chi connectivity index (χ0n) is 12.0. The second-order valence-electron chi connectivity index (χ2n) is 4.53. The van der Waals surface area contributed by atoms with E-state index >= 15 is 0 Å².